The first-order valence-electron chi connectivity index (χ1n) is 9.04. The van der Waals surface area contributed by atoms with Gasteiger partial charge in [-0.05, 0) is 31.4 Å². The summed E-state index contributed by atoms with van der Waals surface area (Å²) in [6.45, 7) is 4.24. The second-order valence-electron chi connectivity index (χ2n) is 7.12. The Morgan fingerprint density at radius 1 is 1.20 bits per heavy atom. The predicted octanol–water partition coefficient (Wildman–Crippen LogP) is 2.40. The highest BCUT2D eigenvalue weighted by atomic mass is 16.3. The van der Waals surface area contributed by atoms with Gasteiger partial charge in [0, 0.05) is 31.5 Å². The van der Waals surface area contributed by atoms with E-state index >= 15 is 0 Å². The SMILES string of the molecule is C[C@H]1CCN(CC(=O)N2CCC(c3nc4ccccc4o3)CC2)C1=O. The fraction of sp³-hybridized carbons (Fsp3) is 0.526. The Bertz CT molecular complexity index is 759. The molecule has 2 saturated heterocycles. The maximum absolute atomic E-state index is 12.5. The molecule has 3 heterocycles. The standard InChI is InChI=1S/C19H23N3O3/c1-13-6-9-22(19(13)24)12-17(23)21-10-7-14(8-11-21)18-20-15-4-2-3-5-16(15)25-18/h2-5,13-14H,6-12H2,1H3/t13-/m0/s1. The average molecular weight is 341 g/mol. The van der Waals surface area contributed by atoms with Crippen LogP contribution >= 0.6 is 0 Å². The maximum Gasteiger partial charge on any atom is 0.242 e. The van der Waals surface area contributed by atoms with Crippen molar-refractivity contribution in [1.29, 1.82) is 0 Å². The monoisotopic (exact) mass is 341 g/mol. The summed E-state index contributed by atoms with van der Waals surface area (Å²) in [5.74, 6) is 1.24. The van der Waals surface area contributed by atoms with Crippen LogP contribution in [0.2, 0.25) is 0 Å². The Hall–Kier alpha value is -2.37. The van der Waals surface area contributed by atoms with Crippen LogP contribution in [0.25, 0.3) is 11.1 Å². The molecule has 0 N–H and O–H groups in total. The number of fused-ring (bicyclic) bond motifs is 1. The van der Waals surface area contributed by atoms with E-state index in [0.29, 0.717) is 19.6 Å². The molecule has 1 aromatic carbocycles. The van der Waals surface area contributed by atoms with Crippen LogP contribution in [0.15, 0.2) is 28.7 Å². The van der Waals surface area contributed by atoms with E-state index in [1.165, 1.54) is 0 Å². The molecule has 2 amide bonds. The highest BCUT2D eigenvalue weighted by Crippen LogP contribution is 2.30. The summed E-state index contributed by atoms with van der Waals surface area (Å²) in [5.41, 5.74) is 1.70. The molecule has 0 unspecified atom stereocenters. The van der Waals surface area contributed by atoms with Crippen molar-refractivity contribution in [2.75, 3.05) is 26.2 Å². The van der Waals surface area contributed by atoms with Crippen LogP contribution in [-0.4, -0.2) is 52.8 Å². The summed E-state index contributed by atoms with van der Waals surface area (Å²) in [5, 5.41) is 0. The zero-order valence-corrected chi connectivity index (χ0v) is 14.5. The van der Waals surface area contributed by atoms with E-state index in [2.05, 4.69) is 4.98 Å². The number of hydrogen-bond donors (Lipinski definition) is 0. The van der Waals surface area contributed by atoms with Gasteiger partial charge in [0.2, 0.25) is 11.8 Å². The zero-order chi connectivity index (χ0) is 17.4. The molecule has 0 saturated carbocycles. The highest BCUT2D eigenvalue weighted by Gasteiger charge is 2.32. The summed E-state index contributed by atoms with van der Waals surface area (Å²) in [4.78, 5) is 32.6. The third-order valence-electron chi connectivity index (χ3n) is 5.40. The molecular weight excluding hydrogens is 318 g/mol. The molecule has 1 atom stereocenters. The number of nitrogens with zero attached hydrogens (tertiary/aromatic N) is 3. The third kappa shape index (κ3) is 3.13. The Morgan fingerprint density at radius 2 is 1.96 bits per heavy atom. The van der Waals surface area contributed by atoms with Crippen LogP contribution in [0.1, 0.15) is 38.0 Å². The second-order valence-corrected chi connectivity index (χ2v) is 7.12. The van der Waals surface area contributed by atoms with Crippen LogP contribution in [0.5, 0.6) is 0 Å². The van der Waals surface area contributed by atoms with E-state index in [-0.39, 0.29) is 30.2 Å². The van der Waals surface area contributed by atoms with Gasteiger partial charge in [-0.1, -0.05) is 19.1 Å². The molecule has 2 aromatic rings. The van der Waals surface area contributed by atoms with Crippen LogP contribution in [0.4, 0.5) is 0 Å². The summed E-state index contributed by atoms with van der Waals surface area (Å²) in [6, 6.07) is 7.78. The lowest BCUT2D eigenvalue weighted by atomic mass is 9.97. The Morgan fingerprint density at radius 3 is 2.64 bits per heavy atom. The Labute approximate surface area is 146 Å². The van der Waals surface area contributed by atoms with E-state index in [1.807, 2.05) is 36.1 Å². The Kier molecular flexibility index (Phi) is 4.19. The van der Waals surface area contributed by atoms with Gasteiger partial charge in [0.15, 0.2) is 11.5 Å². The molecule has 25 heavy (non-hydrogen) atoms. The number of piperidine rings is 1. The molecule has 0 radical (unpaired) electrons. The van der Waals surface area contributed by atoms with Crippen molar-refractivity contribution in [3.8, 4) is 0 Å². The van der Waals surface area contributed by atoms with Gasteiger partial charge in [0.25, 0.3) is 0 Å². The normalized spacial score (nSPS) is 22.1. The molecule has 4 rings (SSSR count). The lowest BCUT2D eigenvalue weighted by Gasteiger charge is -2.31. The number of para-hydroxylation sites is 2. The molecule has 2 fully saturated rings. The van der Waals surface area contributed by atoms with Gasteiger partial charge < -0.3 is 14.2 Å². The van der Waals surface area contributed by atoms with Crippen molar-refractivity contribution in [3.63, 3.8) is 0 Å². The van der Waals surface area contributed by atoms with Crippen LogP contribution in [0.3, 0.4) is 0 Å². The zero-order valence-electron chi connectivity index (χ0n) is 14.5. The van der Waals surface area contributed by atoms with Gasteiger partial charge in [-0.15, -0.1) is 0 Å². The molecule has 0 bridgehead atoms. The van der Waals surface area contributed by atoms with E-state index < -0.39 is 0 Å². The number of rotatable bonds is 3. The smallest absolute Gasteiger partial charge is 0.242 e. The molecule has 0 spiro atoms. The van der Waals surface area contributed by atoms with E-state index in [4.69, 9.17) is 4.42 Å². The van der Waals surface area contributed by atoms with Gasteiger partial charge in [-0.3, -0.25) is 9.59 Å². The van der Waals surface area contributed by atoms with Crippen molar-refractivity contribution in [2.45, 2.75) is 32.1 Å². The second kappa shape index (κ2) is 6.50. The first kappa shape index (κ1) is 16.1. The molecule has 1 aromatic heterocycles. The topological polar surface area (TPSA) is 66.7 Å². The minimum atomic E-state index is 0.0534. The van der Waals surface area contributed by atoms with E-state index in [0.717, 1.165) is 36.3 Å². The maximum atomic E-state index is 12.5. The lowest BCUT2D eigenvalue weighted by Crippen LogP contribution is -2.44. The summed E-state index contributed by atoms with van der Waals surface area (Å²) in [6.07, 6.45) is 2.55. The van der Waals surface area contributed by atoms with Gasteiger partial charge in [-0.25, -0.2) is 4.98 Å². The lowest BCUT2D eigenvalue weighted by molar-refractivity contribution is -0.140. The highest BCUT2D eigenvalue weighted by molar-refractivity contribution is 5.87. The van der Waals surface area contributed by atoms with Crippen LogP contribution in [0, 0.1) is 5.92 Å². The van der Waals surface area contributed by atoms with Gasteiger partial charge in [0.05, 0.1) is 6.54 Å². The van der Waals surface area contributed by atoms with E-state index in [9.17, 15) is 9.59 Å². The molecule has 6 nitrogen and oxygen atoms in total. The third-order valence-corrected chi connectivity index (χ3v) is 5.40. The van der Waals surface area contributed by atoms with E-state index in [1.54, 1.807) is 4.90 Å². The number of hydrogen-bond acceptors (Lipinski definition) is 4. The predicted molar refractivity (Wildman–Crippen MR) is 92.9 cm³/mol. The number of aromatic nitrogens is 1. The average Bonchev–Trinajstić information content (AvgIpc) is 3.20. The number of likely N-dealkylation sites (tertiary alicyclic amines) is 2. The summed E-state index contributed by atoms with van der Waals surface area (Å²) < 4.78 is 5.87. The number of benzene rings is 1. The molecule has 0 aliphatic carbocycles. The van der Waals surface area contributed by atoms with Crippen LogP contribution in [-0.2, 0) is 9.59 Å². The summed E-state index contributed by atoms with van der Waals surface area (Å²) >= 11 is 0. The quantitative estimate of drug-likeness (QED) is 0.860. The fourth-order valence-electron chi connectivity index (χ4n) is 3.76. The minimum absolute atomic E-state index is 0.0534. The first-order valence-corrected chi connectivity index (χ1v) is 9.04. The van der Waals surface area contributed by atoms with Gasteiger partial charge >= 0.3 is 0 Å². The molecule has 6 heteroatoms. The fourth-order valence-corrected chi connectivity index (χ4v) is 3.76. The number of amides is 2. The number of carbonyl (C=O) groups is 2. The van der Waals surface area contributed by atoms with Crippen molar-refractivity contribution >= 4 is 22.9 Å². The number of oxazole rings is 1. The molecular formula is C19H23N3O3. The van der Waals surface area contributed by atoms with Gasteiger partial charge in [0.1, 0.15) is 5.52 Å². The molecule has 2 aliphatic heterocycles. The summed E-state index contributed by atoms with van der Waals surface area (Å²) in [7, 11) is 0. The minimum Gasteiger partial charge on any atom is -0.440 e. The first-order chi connectivity index (χ1) is 12.1. The molecule has 2 aliphatic rings. The largest absolute Gasteiger partial charge is 0.440 e. The van der Waals surface area contributed by atoms with Crippen molar-refractivity contribution in [1.82, 2.24) is 14.8 Å². The van der Waals surface area contributed by atoms with Crippen LogP contribution < -0.4 is 0 Å². The van der Waals surface area contributed by atoms with Crippen molar-refractivity contribution in [3.05, 3.63) is 30.2 Å². The number of carbonyl (C=O) groups excluding carboxylic acids is 2. The van der Waals surface area contributed by atoms with Crippen molar-refractivity contribution < 1.29 is 14.0 Å². The van der Waals surface area contributed by atoms with Crippen molar-refractivity contribution in [2.24, 2.45) is 5.92 Å². The van der Waals surface area contributed by atoms with Gasteiger partial charge in [-0.2, -0.15) is 0 Å². The molecule has 132 valence electrons. The Balaban J connectivity index is 1.34.